The molecule has 1 aliphatic carbocycles. The molecule has 0 aromatic heterocycles. The van der Waals surface area contributed by atoms with Crippen molar-refractivity contribution in [2.75, 3.05) is 5.32 Å². The molecular formula is C17H17Cl2N. The SMILES string of the molecule is Cc1cccc(C2CC(Nc3cc(Cl)cc(Cl)c3)C2)c1. The Kier molecular flexibility index (Phi) is 3.91. The molecule has 1 fully saturated rings. The van der Waals surface area contributed by atoms with Gasteiger partial charge in [0.05, 0.1) is 0 Å². The molecule has 0 aliphatic heterocycles. The summed E-state index contributed by atoms with van der Waals surface area (Å²) < 4.78 is 0. The van der Waals surface area contributed by atoms with Crippen molar-refractivity contribution in [3.05, 3.63) is 63.6 Å². The highest BCUT2D eigenvalue weighted by molar-refractivity contribution is 6.35. The van der Waals surface area contributed by atoms with Gasteiger partial charge >= 0.3 is 0 Å². The number of nitrogens with one attached hydrogen (secondary N) is 1. The average Bonchev–Trinajstić information content (AvgIpc) is 2.32. The van der Waals surface area contributed by atoms with Gasteiger partial charge in [-0.2, -0.15) is 0 Å². The Morgan fingerprint density at radius 1 is 1.00 bits per heavy atom. The van der Waals surface area contributed by atoms with Crippen LogP contribution < -0.4 is 5.32 Å². The van der Waals surface area contributed by atoms with Gasteiger partial charge in [-0.25, -0.2) is 0 Å². The van der Waals surface area contributed by atoms with Crippen LogP contribution in [0.1, 0.15) is 29.9 Å². The van der Waals surface area contributed by atoms with E-state index in [1.165, 1.54) is 11.1 Å². The van der Waals surface area contributed by atoms with E-state index in [1.54, 1.807) is 6.07 Å². The predicted molar refractivity (Wildman–Crippen MR) is 87.0 cm³/mol. The van der Waals surface area contributed by atoms with Crippen molar-refractivity contribution in [2.24, 2.45) is 0 Å². The maximum Gasteiger partial charge on any atom is 0.0441 e. The molecule has 0 unspecified atom stereocenters. The zero-order valence-electron chi connectivity index (χ0n) is 11.4. The Labute approximate surface area is 129 Å². The summed E-state index contributed by atoms with van der Waals surface area (Å²) in [6.45, 7) is 2.14. The monoisotopic (exact) mass is 305 g/mol. The summed E-state index contributed by atoms with van der Waals surface area (Å²) in [6, 6.07) is 14.9. The molecule has 1 saturated carbocycles. The molecule has 0 saturated heterocycles. The van der Waals surface area contributed by atoms with E-state index in [9.17, 15) is 0 Å². The molecule has 0 heterocycles. The first-order chi connectivity index (χ1) is 9.60. The Balaban J connectivity index is 1.61. The molecule has 1 aliphatic rings. The van der Waals surface area contributed by atoms with E-state index in [1.807, 2.05) is 12.1 Å². The fourth-order valence-corrected chi connectivity index (χ4v) is 3.33. The van der Waals surface area contributed by atoms with Crippen LogP contribution in [0.15, 0.2) is 42.5 Å². The van der Waals surface area contributed by atoms with Gasteiger partial charge in [-0.15, -0.1) is 0 Å². The fraction of sp³-hybridized carbons (Fsp3) is 0.294. The van der Waals surface area contributed by atoms with Gasteiger partial charge in [0, 0.05) is 21.8 Å². The second kappa shape index (κ2) is 5.67. The first-order valence-electron chi connectivity index (χ1n) is 6.89. The molecule has 2 aromatic rings. The van der Waals surface area contributed by atoms with Gasteiger partial charge in [0.1, 0.15) is 0 Å². The molecule has 2 aromatic carbocycles. The molecule has 104 valence electrons. The molecule has 20 heavy (non-hydrogen) atoms. The molecule has 1 nitrogen and oxygen atoms in total. The highest BCUT2D eigenvalue weighted by Crippen LogP contribution is 2.39. The first kappa shape index (κ1) is 13.8. The van der Waals surface area contributed by atoms with Gasteiger partial charge in [0.25, 0.3) is 0 Å². The van der Waals surface area contributed by atoms with Crippen molar-refractivity contribution in [2.45, 2.75) is 31.7 Å². The smallest absolute Gasteiger partial charge is 0.0441 e. The second-order valence-electron chi connectivity index (χ2n) is 5.58. The standard InChI is InChI=1S/C17H17Cl2N/c1-11-3-2-4-12(5-11)13-6-16(7-13)20-17-9-14(18)8-15(19)10-17/h2-5,8-10,13,16,20H,6-7H2,1H3. The number of hydrogen-bond donors (Lipinski definition) is 1. The highest BCUT2D eigenvalue weighted by atomic mass is 35.5. The van der Waals surface area contributed by atoms with Gasteiger partial charge in [-0.1, -0.05) is 53.0 Å². The molecular weight excluding hydrogens is 289 g/mol. The van der Waals surface area contributed by atoms with Crippen LogP contribution in [0.25, 0.3) is 0 Å². The normalized spacial score (nSPS) is 21.4. The van der Waals surface area contributed by atoms with Gasteiger partial charge in [-0.3, -0.25) is 0 Å². The van der Waals surface area contributed by atoms with Crippen molar-refractivity contribution in [3.8, 4) is 0 Å². The molecule has 0 spiro atoms. The van der Waals surface area contributed by atoms with Crippen LogP contribution in [0, 0.1) is 6.92 Å². The summed E-state index contributed by atoms with van der Waals surface area (Å²) in [5, 5.41) is 4.86. The van der Waals surface area contributed by atoms with Gasteiger partial charge in [0.2, 0.25) is 0 Å². The zero-order chi connectivity index (χ0) is 14.1. The number of halogens is 2. The Morgan fingerprint density at radius 2 is 1.70 bits per heavy atom. The van der Waals surface area contributed by atoms with Crippen LogP contribution in [0.2, 0.25) is 10.0 Å². The van der Waals surface area contributed by atoms with Crippen molar-refractivity contribution in [1.29, 1.82) is 0 Å². The lowest BCUT2D eigenvalue weighted by molar-refractivity contribution is 0.374. The molecule has 0 atom stereocenters. The molecule has 1 N–H and O–H groups in total. The summed E-state index contributed by atoms with van der Waals surface area (Å²) in [7, 11) is 0. The largest absolute Gasteiger partial charge is 0.382 e. The lowest BCUT2D eigenvalue weighted by atomic mass is 9.75. The quantitative estimate of drug-likeness (QED) is 0.771. The summed E-state index contributed by atoms with van der Waals surface area (Å²) in [5.74, 6) is 0.669. The summed E-state index contributed by atoms with van der Waals surface area (Å²) >= 11 is 12.0. The topological polar surface area (TPSA) is 12.0 Å². The van der Waals surface area contributed by atoms with Crippen LogP contribution in [0.5, 0.6) is 0 Å². The van der Waals surface area contributed by atoms with E-state index in [0.29, 0.717) is 22.0 Å². The third-order valence-electron chi connectivity index (χ3n) is 3.88. The summed E-state index contributed by atoms with van der Waals surface area (Å²) in [4.78, 5) is 0. The first-order valence-corrected chi connectivity index (χ1v) is 7.65. The third kappa shape index (κ3) is 3.11. The van der Waals surface area contributed by atoms with E-state index in [2.05, 4.69) is 36.5 Å². The second-order valence-corrected chi connectivity index (χ2v) is 6.45. The number of benzene rings is 2. The minimum Gasteiger partial charge on any atom is -0.382 e. The summed E-state index contributed by atoms with van der Waals surface area (Å²) in [5.41, 5.74) is 3.79. The molecule has 3 rings (SSSR count). The molecule has 0 radical (unpaired) electrons. The van der Waals surface area contributed by atoms with Crippen molar-refractivity contribution in [1.82, 2.24) is 0 Å². The van der Waals surface area contributed by atoms with Crippen molar-refractivity contribution in [3.63, 3.8) is 0 Å². The van der Waals surface area contributed by atoms with E-state index >= 15 is 0 Å². The number of hydrogen-bond acceptors (Lipinski definition) is 1. The lowest BCUT2D eigenvalue weighted by Gasteiger charge is -2.37. The predicted octanol–water partition coefficient (Wildman–Crippen LogP) is 5.66. The lowest BCUT2D eigenvalue weighted by Crippen LogP contribution is -2.34. The van der Waals surface area contributed by atoms with Crippen molar-refractivity contribution >= 4 is 28.9 Å². The minimum atomic E-state index is 0.509. The van der Waals surface area contributed by atoms with Crippen LogP contribution >= 0.6 is 23.2 Å². The third-order valence-corrected chi connectivity index (χ3v) is 4.32. The molecule has 0 bridgehead atoms. The van der Waals surface area contributed by atoms with Crippen LogP contribution in [0.4, 0.5) is 5.69 Å². The van der Waals surface area contributed by atoms with Gasteiger partial charge in [-0.05, 0) is 49.4 Å². The van der Waals surface area contributed by atoms with E-state index in [-0.39, 0.29) is 0 Å². The number of rotatable bonds is 3. The van der Waals surface area contributed by atoms with Crippen LogP contribution in [-0.4, -0.2) is 6.04 Å². The van der Waals surface area contributed by atoms with Gasteiger partial charge in [0.15, 0.2) is 0 Å². The highest BCUT2D eigenvalue weighted by Gasteiger charge is 2.30. The van der Waals surface area contributed by atoms with Crippen LogP contribution in [0.3, 0.4) is 0 Å². The average molecular weight is 306 g/mol. The van der Waals surface area contributed by atoms with Crippen molar-refractivity contribution < 1.29 is 0 Å². The van der Waals surface area contributed by atoms with E-state index in [4.69, 9.17) is 23.2 Å². The van der Waals surface area contributed by atoms with E-state index in [0.717, 1.165) is 18.5 Å². The maximum atomic E-state index is 6.01. The number of anilines is 1. The Hall–Kier alpha value is -1.18. The fourth-order valence-electron chi connectivity index (χ4n) is 2.80. The molecule has 0 amide bonds. The molecule has 3 heteroatoms. The Morgan fingerprint density at radius 3 is 2.35 bits per heavy atom. The van der Waals surface area contributed by atoms with Crippen LogP contribution in [-0.2, 0) is 0 Å². The number of aryl methyl sites for hydroxylation is 1. The Bertz CT molecular complexity index is 598. The van der Waals surface area contributed by atoms with Gasteiger partial charge < -0.3 is 5.32 Å². The maximum absolute atomic E-state index is 6.01. The summed E-state index contributed by atoms with van der Waals surface area (Å²) in [6.07, 6.45) is 2.32. The minimum absolute atomic E-state index is 0.509. The van der Waals surface area contributed by atoms with E-state index < -0.39 is 0 Å². The zero-order valence-corrected chi connectivity index (χ0v) is 12.9.